The molecule has 5 rings (SSSR count). The van der Waals surface area contributed by atoms with E-state index >= 15 is 0 Å². The number of fused-ring (bicyclic) bond motifs is 2. The van der Waals surface area contributed by atoms with Crippen LogP contribution in [0.5, 0.6) is 0 Å². The summed E-state index contributed by atoms with van der Waals surface area (Å²) >= 11 is 0. The zero-order valence-corrected chi connectivity index (χ0v) is 18.0. The largest absolute Gasteiger partial charge is 0.335 e. The van der Waals surface area contributed by atoms with Crippen molar-refractivity contribution >= 4 is 29.0 Å². The van der Waals surface area contributed by atoms with Crippen molar-refractivity contribution in [1.29, 1.82) is 0 Å². The molecule has 3 aliphatic rings. The third kappa shape index (κ3) is 3.34. The van der Waals surface area contributed by atoms with Crippen LogP contribution in [0.15, 0.2) is 17.2 Å². The van der Waals surface area contributed by atoms with Crippen molar-refractivity contribution in [2.24, 2.45) is 5.92 Å². The molecule has 0 unspecified atom stereocenters. The highest BCUT2D eigenvalue weighted by atomic mass is 16.2. The van der Waals surface area contributed by atoms with Gasteiger partial charge in [0, 0.05) is 17.9 Å². The first-order valence-corrected chi connectivity index (χ1v) is 11.1. The topological polar surface area (TPSA) is 106 Å². The second kappa shape index (κ2) is 7.28. The summed E-state index contributed by atoms with van der Waals surface area (Å²) in [6, 6.07) is 1.73. The Hall–Kier alpha value is -3.03. The molecule has 0 aromatic carbocycles. The Morgan fingerprint density at radius 2 is 1.81 bits per heavy atom. The van der Waals surface area contributed by atoms with Crippen molar-refractivity contribution in [3.63, 3.8) is 0 Å². The van der Waals surface area contributed by atoms with Gasteiger partial charge in [-0.05, 0) is 51.2 Å². The summed E-state index contributed by atoms with van der Waals surface area (Å²) in [6.07, 6.45) is 8.54. The van der Waals surface area contributed by atoms with Gasteiger partial charge in [-0.1, -0.05) is 19.3 Å². The first kappa shape index (κ1) is 19.9. The summed E-state index contributed by atoms with van der Waals surface area (Å²) in [4.78, 5) is 47.0. The molecule has 0 saturated heterocycles. The monoisotopic (exact) mass is 421 g/mol. The molecule has 2 saturated carbocycles. The Morgan fingerprint density at radius 3 is 2.52 bits per heavy atom. The molecule has 3 heterocycles. The maximum Gasteiger partial charge on any atom is 0.275 e. The predicted octanol–water partition coefficient (Wildman–Crippen LogP) is 3.59. The standard InChI is InChI=1S/C23H27N5O3/c1-13-10-16(22(31)28-18(13)17(29)11-23(28)8-4-3-5-9-23)26-19-14(2)20(25-12-24-19)27-21(30)15-6-7-15/h10,12,15H,3-9,11H2,1-2H3,(H2,24,25,26,27,30). The van der Waals surface area contributed by atoms with Gasteiger partial charge in [0.05, 0.1) is 11.2 Å². The first-order valence-electron chi connectivity index (χ1n) is 11.1. The highest BCUT2D eigenvalue weighted by molar-refractivity contribution is 5.99. The van der Waals surface area contributed by atoms with E-state index in [2.05, 4.69) is 20.6 Å². The van der Waals surface area contributed by atoms with Crippen LogP contribution >= 0.6 is 0 Å². The maximum absolute atomic E-state index is 13.5. The Morgan fingerprint density at radius 1 is 1.10 bits per heavy atom. The molecule has 0 radical (unpaired) electrons. The number of hydrogen-bond acceptors (Lipinski definition) is 6. The number of ketones is 1. The SMILES string of the molecule is Cc1cc(Nc2ncnc(NC(=O)C3CC3)c2C)c(=O)n2c1C(=O)CC21CCCCC1. The molecule has 162 valence electrons. The van der Waals surface area contributed by atoms with Gasteiger partial charge in [-0.15, -0.1) is 0 Å². The van der Waals surface area contributed by atoms with Crippen molar-refractivity contribution in [1.82, 2.24) is 14.5 Å². The molecule has 8 heteroatoms. The average molecular weight is 422 g/mol. The van der Waals surface area contributed by atoms with E-state index in [1.165, 1.54) is 6.33 Å². The first-order chi connectivity index (χ1) is 14.9. The second-order valence-electron chi connectivity index (χ2n) is 9.20. The minimum Gasteiger partial charge on any atom is -0.335 e. The molecule has 1 aliphatic heterocycles. The Kier molecular flexibility index (Phi) is 4.68. The van der Waals surface area contributed by atoms with Crippen LogP contribution in [-0.2, 0) is 10.3 Å². The van der Waals surface area contributed by atoms with Gasteiger partial charge in [-0.3, -0.25) is 19.0 Å². The second-order valence-corrected chi connectivity index (χ2v) is 9.20. The fourth-order valence-electron chi connectivity index (χ4n) is 5.10. The lowest BCUT2D eigenvalue weighted by Crippen LogP contribution is -2.40. The number of carbonyl (C=O) groups excluding carboxylic acids is 2. The van der Waals surface area contributed by atoms with E-state index in [9.17, 15) is 14.4 Å². The Balaban J connectivity index is 1.52. The lowest BCUT2D eigenvalue weighted by Gasteiger charge is -2.35. The van der Waals surface area contributed by atoms with Crippen LogP contribution in [0.4, 0.5) is 17.3 Å². The van der Waals surface area contributed by atoms with E-state index in [-0.39, 0.29) is 23.2 Å². The van der Waals surface area contributed by atoms with Crippen LogP contribution in [0.3, 0.4) is 0 Å². The molecule has 2 N–H and O–H groups in total. The molecule has 1 amide bonds. The molecule has 8 nitrogen and oxygen atoms in total. The number of rotatable bonds is 4. The summed E-state index contributed by atoms with van der Waals surface area (Å²) in [5.41, 5.74) is 1.83. The molecule has 2 fully saturated rings. The number of amides is 1. The Bertz CT molecular complexity index is 1140. The fourth-order valence-corrected chi connectivity index (χ4v) is 5.10. The summed E-state index contributed by atoms with van der Waals surface area (Å²) < 4.78 is 1.76. The summed E-state index contributed by atoms with van der Waals surface area (Å²) in [5.74, 6) is 1.02. The van der Waals surface area contributed by atoms with Gasteiger partial charge in [-0.25, -0.2) is 9.97 Å². The predicted molar refractivity (Wildman–Crippen MR) is 117 cm³/mol. The number of hydrogen-bond donors (Lipinski definition) is 2. The highest BCUT2D eigenvalue weighted by Gasteiger charge is 2.45. The van der Waals surface area contributed by atoms with Crippen LogP contribution < -0.4 is 16.2 Å². The molecule has 1 spiro atoms. The molecule has 2 aromatic rings. The lowest BCUT2D eigenvalue weighted by molar-refractivity contribution is -0.117. The molecule has 31 heavy (non-hydrogen) atoms. The van der Waals surface area contributed by atoms with E-state index in [1.807, 2.05) is 13.8 Å². The van der Waals surface area contributed by atoms with E-state index in [0.717, 1.165) is 50.5 Å². The number of anilines is 3. The number of aryl methyl sites for hydroxylation is 1. The van der Waals surface area contributed by atoms with E-state index < -0.39 is 5.54 Å². The van der Waals surface area contributed by atoms with E-state index in [1.54, 1.807) is 10.6 Å². The minimum absolute atomic E-state index is 0.0288. The fraction of sp³-hybridized carbons (Fsp3) is 0.522. The van der Waals surface area contributed by atoms with Gasteiger partial charge < -0.3 is 10.6 Å². The minimum atomic E-state index is -0.395. The van der Waals surface area contributed by atoms with Crippen LogP contribution in [0.1, 0.15) is 73.0 Å². The van der Waals surface area contributed by atoms with Crippen LogP contribution in [0.2, 0.25) is 0 Å². The Labute approximate surface area is 180 Å². The van der Waals surface area contributed by atoms with Gasteiger partial charge in [0.25, 0.3) is 5.56 Å². The van der Waals surface area contributed by atoms with E-state index in [4.69, 9.17) is 0 Å². The molecule has 2 aromatic heterocycles. The van der Waals surface area contributed by atoms with Crippen LogP contribution in [-0.4, -0.2) is 26.2 Å². The lowest BCUT2D eigenvalue weighted by atomic mass is 9.80. The third-order valence-corrected chi connectivity index (χ3v) is 6.93. The molecule has 0 atom stereocenters. The normalized spacial score (nSPS) is 19.4. The average Bonchev–Trinajstić information content (AvgIpc) is 3.55. The van der Waals surface area contributed by atoms with Crippen LogP contribution in [0.25, 0.3) is 0 Å². The van der Waals surface area contributed by atoms with Crippen molar-refractivity contribution in [3.8, 4) is 0 Å². The summed E-state index contributed by atoms with van der Waals surface area (Å²) in [5, 5.41) is 6.02. The molecule has 0 bridgehead atoms. The van der Waals surface area contributed by atoms with E-state index in [0.29, 0.717) is 35.0 Å². The molecular weight excluding hydrogens is 394 g/mol. The number of carbonyl (C=O) groups is 2. The zero-order valence-electron chi connectivity index (χ0n) is 18.0. The highest BCUT2D eigenvalue weighted by Crippen LogP contribution is 2.43. The number of nitrogens with zero attached hydrogens (tertiary/aromatic N) is 3. The zero-order chi connectivity index (χ0) is 21.8. The number of nitrogens with one attached hydrogen (secondary N) is 2. The van der Waals surface area contributed by atoms with Crippen LogP contribution in [0, 0.1) is 19.8 Å². The van der Waals surface area contributed by atoms with Crippen molar-refractivity contribution in [2.75, 3.05) is 10.6 Å². The van der Waals surface area contributed by atoms with Gasteiger partial charge >= 0.3 is 0 Å². The van der Waals surface area contributed by atoms with Crippen molar-refractivity contribution < 1.29 is 9.59 Å². The smallest absolute Gasteiger partial charge is 0.275 e. The van der Waals surface area contributed by atoms with Crippen molar-refractivity contribution in [3.05, 3.63) is 39.6 Å². The maximum atomic E-state index is 13.5. The summed E-state index contributed by atoms with van der Waals surface area (Å²) in [7, 11) is 0. The van der Waals surface area contributed by atoms with Gasteiger partial charge in [-0.2, -0.15) is 0 Å². The summed E-state index contributed by atoms with van der Waals surface area (Å²) in [6.45, 7) is 3.69. The quantitative estimate of drug-likeness (QED) is 0.781. The molecular formula is C23H27N5O3. The number of Topliss-reactive ketones (excluding diaryl/α,β-unsaturated/α-hetero) is 1. The van der Waals surface area contributed by atoms with Gasteiger partial charge in [0.1, 0.15) is 23.7 Å². The number of pyridine rings is 1. The van der Waals surface area contributed by atoms with Gasteiger partial charge in [0.15, 0.2) is 5.78 Å². The number of aromatic nitrogens is 3. The third-order valence-electron chi connectivity index (χ3n) is 6.93. The van der Waals surface area contributed by atoms with Crippen molar-refractivity contribution in [2.45, 2.75) is 70.8 Å². The van der Waals surface area contributed by atoms with Gasteiger partial charge in [0.2, 0.25) is 5.91 Å². The molecule has 2 aliphatic carbocycles.